The summed E-state index contributed by atoms with van der Waals surface area (Å²) in [6.07, 6.45) is 3.54. The van der Waals surface area contributed by atoms with Gasteiger partial charge in [0.25, 0.3) is 0 Å². The molecule has 0 saturated heterocycles. The van der Waals surface area contributed by atoms with Crippen molar-refractivity contribution in [1.82, 2.24) is 9.97 Å². The maximum absolute atomic E-state index is 8.25. The molecule has 0 fully saturated rings. The van der Waals surface area contributed by atoms with Crippen LogP contribution in [-0.4, -0.2) is 22.9 Å². The Morgan fingerprint density at radius 1 is 0.882 bits per heavy atom. The summed E-state index contributed by atoms with van der Waals surface area (Å²) in [5.41, 5.74) is 3.58. The third-order valence-corrected chi connectivity index (χ3v) is 1.74. The van der Waals surface area contributed by atoms with Crippen LogP contribution < -0.4 is 10.2 Å². The molecule has 2 aromatic heterocycles. The SMILES string of the molecule is O=C[O-].O=C[O-].[Pt+2].c1cscn1.c1cscn1. The third kappa shape index (κ3) is 31.3. The summed E-state index contributed by atoms with van der Waals surface area (Å²) in [6, 6.07) is 0. The van der Waals surface area contributed by atoms with Crippen LogP contribution in [0.15, 0.2) is 34.2 Å². The quantitative estimate of drug-likeness (QED) is 0.473. The molecule has 0 spiro atoms. The second kappa shape index (κ2) is 24.2. The number of hydrogen-bond donors (Lipinski definition) is 0. The summed E-state index contributed by atoms with van der Waals surface area (Å²) in [4.78, 5) is 24.0. The number of rotatable bonds is 0. The summed E-state index contributed by atoms with van der Waals surface area (Å²) in [7, 11) is 0. The third-order valence-electron chi connectivity index (χ3n) is 0.694. The molecule has 0 atom stereocenters. The van der Waals surface area contributed by atoms with E-state index >= 15 is 0 Å². The molecule has 0 N–H and O–H groups in total. The zero-order valence-corrected chi connectivity index (χ0v) is 12.2. The number of hydrogen-bond acceptors (Lipinski definition) is 8. The largest absolute Gasteiger partial charge is 2.00 e. The molecule has 0 bridgehead atoms. The molecule has 0 amide bonds. The predicted octanol–water partition coefficient (Wildman–Crippen LogP) is -0.984. The second-order valence-corrected chi connectivity index (χ2v) is 3.05. The van der Waals surface area contributed by atoms with Crippen LogP contribution in [0, 0.1) is 0 Å². The van der Waals surface area contributed by atoms with Gasteiger partial charge in [-0.15, -0.1) is 22.7 Å². The maximum Gasteiger partial charge on any atom is 2.00 e. The van der Waals surface area contributed by atoms with Crippen molar-refractivity contribution in [1.29, 1.82) is 0 Å². The van der Waals surface area contributed by atoms with Crippen LogP contribution in [0.5, 0.6) is 0 Å². The fourth-order valence-corrected chi connectivity index (χ4v) is 1.05. The van der Waals surface area contributed by atoms with E-state index in [0.717, 1.165) is 0 Å². The van der Waals surface area contributed by atoms with Crippen molar-refractivity contribution in [2.24, 2.45) is 0 Å². The Kier molecular flexibility index (Phi) is 30.2. The van der Waals surface area contributed by atoms with E-state index in [1.807, 2.05) is 10.8 Å². The van der Waals surface area contributed by atoms with Crippen LogP contribution in [0.2, 0.25) is 0 Å². The van der Waals surface area contributed by atoms with Gasteiger partial charge in [-0.25, -0.2) is 0 Å². The van der Waals surface area contributed by atoms with Gasteiger partial charge in [-0.3, -0.25) is 9.97 Å². The van der Waals surface area contributed by atoms with Crippen molar-refractivity contribution < 1.29 is 40.9 Å². The number of carbonyl (C=O) groups is 2. The van der Waals surface area contributed by atoms with E-state index in [1.54, 1.807) is 46.1 Å². The Morgan fingerprint density at radius 2 is 1.18 bits per heavy atom. The predicted molar refractivity (Wildman–Crippen MR) is 56.4 cm³/mol. The maximum atomic E-state index is 8.25. The first-order valence-corrected chi connectivity index (χ1v) is 5.47. The van der Waals surface area contributed by atoms with Gasteiger partial charge < -0.3 is 19.8 Å². The number of thiazole rings is 2. The Morgan fingerprint density at radius 3 is 1.24 bits per heavy atom. The standard InChI is InChI=1S/2C3H3NS.2CH2O2.Pt/c2*1-2-5-3-4-1;2*2-1-3;/h2*1-3H;2*1H,(H,2,3);/q;;;;+2/p-2. The van der Waals surface area contributed by atoms with Crippen LogP contribution in [0.4, 0.5) is 0 Å². The van der Waals surface area contributed by atoms with Crippen LogP contribution in [0.1, 0.15) is 0 Å². The zero-order valence-electron chi connectivity index (χ0n) is 8.28. The molecular formula is C8H8N2O4PtS2. The summed E-state index contributed by atoms with van der Waals surface area (Å²) in [6.45, 7) is -1.00. The van der Waals surface area contributed by atoms with Gasteiger partial charge in [0.05, 0.1) is 11.0 Å². The van der Waals surface area contributed by atoms with E-state index in [1.165, 1.54) is 0 Å². The van der Waals surface area contributed by atoms with Gasteiger partial charge in [0.1, 0.15) is 0 Å². The molecule has 17 heavy (non-hydrogen) atoms. The van der Waals surface area contributed by atoms with Gasteiger partial charge in [0, 0.05) is 36.1 Å². The first kappa shape index (κ1) is 21.2. The molecule has 0 saturated carbocycles. The van der Waals surface area contributed by atoms with Gasteiger partial charge in [-0.1, -0.05) is 0 Å². The van der Waals surface area contributed by atoms with Crippen molar-refractivity contribution in [3.05, 3.63) is 34.2 Å². The Labute approximate surface area is 120 Å². The molecule has 6 nitrogen and oxygen atoms in total. The minimum atomic E-state index is -0.500. The first-order valence-electron chi connectivity index (χ1n) is 3.59. The molecule has 0 aliphatic heterocycles. The average molecular weight is 455 g/mol. The van der Waals surface area contributed by atoms with Crippen molar-refractivity contribution in [3.8, 4) is 0 Å². The average Bonchev–Trinajstić information content (AvgIpc) is 3.00. The van der Waals surface area contributed by atoms with Gasteiger partial charge >= 0.3 is 21.1 Å². The van der Waals surface area contributed by atoms with Gasteiger partial charge in [-0.2, -0.15) is 0 Å². The molecular weight excluding hydrogens is 447 g/mol. The molecule has 0 unspecified atom stereocenters. The minimum Gasteiger partial charge on any atom is -0.554 e. The summed E-state index contributed by atoms with van der Waals surface area (Å²) < 4.78 is 0. The van der Waals surface area contributed by atoms with Crippen LogP contribution in [-0.2, 0) is 30.7 Å². The van der Waals surface area contributed by atoms with Crippen LogP contribution >= 0.6 is 22.7 Å². The summed E-state index contributed by atoms with van der Waals surface area (Å²) in [5, 5.41) is 20.4. The molecule has 2 heterocycles. The normalized spacial score (nSPS) is 6.12. The fourth-order valence-electron chi connectivity index (χ4n) is 0.351. The van der Waals surface area contributed by atoms with Gasteiger partial charge in [0.15, 0.2) is 0 Å². The van der Waals surface area contributed by atoms with E-state index in [0.29, 0.717) is 0 Å². The Bertz CT molecular complexity index is 238. The molecule has 0 radical (unpaired) electrons. The van der Waals surface area contributed by atoms with Crippen molar-refractivity contribution >= 4 is 35.6 Å². The van der Waals surface area contributed by atoms with Crippen LogP contribution in [0.3, 0.4) is 0 Å². The van der Waals surface area contributed by atoms with Crippen molar-refractivity contribution in [2.75, 3.05) is 0 Å². The minimum absolute atomic E-state index is 0. The summed E-state index contributed by atoms with van der Waals surface area (Å²) >= 11 is 3.20. The number of carbonyl (C=O) groups excluding carboxylic acids is 2. The van der Waals surface area contributed by atoms with Crippen LogP contribution in [0.25, 0.3) is 0 Å². The zero-order chi connectivity index (χ0) is 12.5. The topological polar surface area (TPSA) is 106 Å². The number of nitrogens with zero attached hydrogens (tertiary/aromatic N) is 2. The molecule has 2 rings (SSSR count). The smallest absolute Gasteiger partial charge is 0.554 e. The van der Waals surface area contributed by atoms with E-state index < -0.39 is 12.9 Å². The molecule has 96 valence electrons. The molecule has 9 heteroatoms. The molecule has 0 aliphatic carbocycles. The Balaban J connectivity index is -0.000000157. The fraction of sp³-hybridized carbons (Fsp3) is 0. The van der Waals surface area contributed by atoms with E-state index in [2.05, 4.69) is 9.97 Å². The van der Waals surface area contributed by atoms with E-state index in [9.17, 15) is 0 Å². The van der Waals surface area contributed by atoms with E-state index in [4.69, 9.17) is 19.8 Å². The van der Waals surface area contributed by atoms with Crippen molar-refractivity contribution in [2.45, 2.75) is 0 Å². The monoisotopic (exact) mass is 455 g/mol. The molecule has 0 aliphatic rings. The van der Waals surface area contributed by atoms with Gasteiger partial charge in [-0.05, 0) is 0 Å². The number of carboxylic acid groups (broad SMARTS) is 2. The van der Waals surface area contributed by atoms with Gasteiger partial charge in [0.2, 0.25) is 0 Å². The Hall–Kier alpha value is -1.11. The number of aromatic nitrogens is 2. The molecule has 0 aromatic carbocycles. The van der Waals surface area contributed by atoms with Crippen molar-refractivity contribution in [3.63, 3.8) is 0 Å². The first-order chi connectivity index (χ1) is 7.83. The molecule has 2 aromatic rings. The second-order valence-electron chi connectivity index (χ2n) is 1.54. The summed E-state index contributed by atoms with van der Waals surface area (Å²) in [5.74, 6) is 0. The van der Waals surface area contributed by atoms with E-state index in [-0.39, 0.29) is 21.1 Å².